The first kappa shape index (κ1) is 17.0. The third-order valence-corrected chi connectivity index (χ3v) is 3.71. The second kappa shape index (κ2) is 6.60. The Morgan fingerprint density at radius 1 is 1.00 bits per heavy atom. The highest BCUT2D eigenvalue weighted by molar-refractivity contribution is 6.31. The number of aromatic nitrogens is 1. The van der Waals surface area contributed by atoms with Gasteiger partial charge in [-0.1, -0.05) is 17.7 Å². The molecule has 0 saturated carbocycles. The lowest BCUT2D eigenvalue weighted by Crippen LogP contribution is -2.19. The summed E-state index contributed by atoms with van der Waals surface area (Å²) in [6, 6.07) is 11.2. The summed E-state index contributed by atoms with van der Waals surface area (Å²) in [6.45, 7) is 0. The van der Waals surface area contributed by atoms with Crippen LogP contribution in [0.2, 0.25) is 5.02 Å². The maximum absolute atomic E-state index is 12.7. The van der Waals surface area contributed by atoms with E-state index in [0.29, 0.717) is 5.69 Å². The van der Waals surface area contributed by atoms with Crippen molar-refractivity contribution in [3.8, 4) is 0 Å². The highest BCUT2D eigenvalue weighted by atomic mass is 35.5. The lowest BCUT2D eigenvalue weighted by atomic mass is 10.2. The van der Waals surface area contributed by atoms with Crippen molar-refractivity contribution in [2.75, 3.05) is 10.6 Å². The maximum atomic E-state index is 12.7. The zero-order chi connectivity index (χ0) is 18.0. The number of fused-ring (bicyclic) bond motifs is 1. The lowest BCUT2D eigenvalue weighted by molar-refractivity contribution is -0.137. The molecule has 3 rings (SSSR count). The van der Waals surface area contributed by atoms with E-state index < -0.39 is 22.8 Å². The van der Waals surface area contributed by atoms with Crippen molar-refractivity contribution in [2.24, 2.45) is 0 Å². The number of pyridine rings is 1. The Morgan fingerprint density at radius 2 is 1.68 bits per heavy atom. The minimum Gasteiger partial charge on any atom is -0.308 e. The summed E-state index contributed by atoms with van der Waals surface area (Å²) in [7, 11) is 0. The number of benzene rings is 2. The molecule has 2 N–H and O–H groups in total. The van der Waals surface area contributed by atoms with E-state index in [2.05, 4.69) is 15.6 Å². The number of hydrogen-bond donors (Lipinski definition) is 2. The van der Waals surface area contributed by atoms with Gasteiger partial charge in [-0.05, 0) is 42.5 Å². The van der Waals surface area contributed by atoms with Gasteiger partial charge in [0.05, 0.1) is 16.1 Å². The van der Waals surface area contributed by atoms with Crippen molar-refractivity contribution in [3.63, 3.8) is 0 Å². The predicted octanol–water partition coefficient (Wildman–Crippen LogP) is 5.55. The average Bonchev–Trinajstić information content (AvgIpc) is 2.53. The third kappa shape index (κ3) is 4.00. The zero-order valence-electron chi connectivity index (χ0n) is 12.6. The molecule has 0 saturated heterocycles. The second-order valence-corrected chi connectivity index (χ2v) is 5.59. The van der Waals surface area contributed by atoms with Crippen LogP contribution in [0.3, 0.4) is 0 Å². The Morgan fingerprint density at radius 3 is 2.36 bits per heavy atom. The summed E-state index contributed by atoms with van der Waals surface area (Å²) < 4.78 is 38.0. The van der Waals surface area contributed by atoms with Gasteiger partial charge in [-0.3, -0.25) is 4.98 Å². The van der Waals surface area contributed by atoms with E-state index in [1.54, 1.807) is 30.5 Å². The van der Waals surface area contributed by atoms with Crippen molar-refractivity contribution in [2.45, 2.75) is 6.18 Å². The van der Waals surface area contributed by atoms with Gasteiger partial charge in [-0.25, -0.2) is 4.79 Å². The van der Waals surface area contributed by atoms with Gasteiger partial charge in [0, 0.05) is 23.0 Å². The first-order valence-electron chi connectivity index (χ1n) is 7.12. The molecular weight excluding hydrogens is 355 g/mol. The quantitative estimate of drug-likeness (QED) is 0.625. The van der Waals surface area contributed by atoms with Gasteiger partial charge < -0.3 is 10.6 Å². The minimum atomic E-state index is -4.54. The fraction of sp³-hybridized carbons (Fsp3) is 0.0588. The van der Waals surface area contributed by atoms with Crippen molar-refractivity contribution >= 4 is 39.9 Å². The van der Waals surface area contributed by atoms with E-state index in [0.717, 1.165) is 29.1 Å². The first-order valence-corrected chi connectivity index (χ1v) is 7.50. The molecule has 4 nitrogen and oxygen atoms in total. The van der Waals surface area contributed by atoms with E-state index >= 15 is 0 Å². The van der Waals surface area contributed by atoms with Gasteiger partial charge in [0.1, 0.15) is 0 Å². The largest absolute Gasteiger partial charge is 0.417 e. The number of alkyl halides is 3. The summed E-state index contributed by atoms with van der Waals surface area (Å²) in [5, 5.41) is 5.41. The number of rotatable bonds is 2. The summed E-state index contributed by atoms with van der Waals surface area (Å²) in [5.74, 6) is 0. The number of carbonyl (C=O) groups is 1. The molecule has 0 unspecified atom stereocenters. The number of anilines is 2. The van der Waals surface area contributed by atoms with E-state index in [9.17, 15) is 18.0 Å². The minimum absolute atomic E-state index is 0.151. The molecule has 0 fully saturated rings. The summed E-state index contributed by atoms with van der Waals surface area (Å²) in [6.07, 6.45) is -2.88. The molecular formula is C17H11ClF3N3O. The van der Waals surface area contributed by atoms with Crippen LogP contribution < -0.4 is 10.6 Å². The molecule has 0 atom stereocenters. The predicted molar refractivity (Wildman–Crippen MR) is 90.8 cm³/mol. The standard InChI is InChI=1S/C17H11ClF3N3O/c18-14-9-12(3-5-13(14)17(19,20)21)24-16(25)23-11-4-6-15-10(8-11)2-1-7-22-15/h1-9H,(H2,23,24,25). The molecule has 8 heteroatoms. The molecule has 2 amide bonds. The SMILES string of the molecule is O=C(Nc1ccc(C(F)(F)F)c(Cl)c1)Nc1ccc2ncccc2c1. The van der Waals surface area contributed by atoms with Crippen LogP contribution in [-0.4, -0.2) is 11.0 Å². The van der Waals surface area contributed by atoms with Crippen molar-refractivity contribution in [1.29, 1.82) is 0 Å². The van der Waals surface area contributed by atoms with Crippen LogP contribution in [0.1, 0.15) is 5.56 Å². The maximum Gasteiger partial charge on any atom is 0.417 e. The fourth-order valence-corrected chi connectivity index (χ4v) is 2.56. The summed E-state index contributed by atoms with van der Waals surface area (Å²) in [5.41, 5.74) is 0.499. The molecule has 25 heavy (non-hydrogen) atoms. The van der Waals surface area contributed by atoms with Crippen molar-refractivity contribution < 1.29 is 18.0 Å². The number of halogens is 4. The fourth-order valence-electron chi connectivity index (χ4n) is 2.27. The van der Waals surface area contributed by atoms with Crippen LogP contribution >= 0.6 is 11.6 Å². The van der Waals surface area contributed by atoms with Crippen molar-refractivity contribution in [1.82, 2.24) is 4.98 Å². The first-order chi connectivity index (χ1) is 11.8. The number of carbonyl (C=O) groups excluding carboxylic acids is 1. The average molecular weight is 366 g/mol. The Kier molecular flexibility index (Phi) is 4.50. The Balaban J connectivity index is 1.72. The van der Waals surface area contributed by atoms with Crippen LogP contribution in [0.4, 0.5) is 29.3 Å². The van der Waals surface area contributed by atoms with Crippen LogP contribution in [0.5, 0.6) is 0 Å². The monoisotopic (exact) mass is 365 g/mol. The van der Waals surface area contributed by atoms with Crippen molar-refractivity contribution in [3.05, 3.63) is 65.3 Å². The Bertz CT molecular complexity index is 944. The smallest absolute Gasteiger partial charge is 0.308 e. The second-order valence-electron chi connectivity index (χ2n) is 5.18. The van der Waals surface area contributed by atoms with Gasteiger partial charge in [-0.15, -0.1) is 0 Å². The van der Waals surface area contributed by atoms with Gasteiger partial charge in [-0.2, -0.15) is 13.2 Å². The van der Waals surface area contributed by atoms with Crippen LogP contribution in [0.15, 0.2) is 54.7 Å². The molecule has 0 aliphatic carbocycles. The molecule has 0 aliphatic heterocycles. The molecule has 0 radical (unpaired) electrons. The molecule has 2 aromatic carbocycles. The third-order valence-electron chi connectivity index (χ3n) is 3.39. The highest BCUT2D eigenvalue weighted by Gasteiger charge is 2.33. The zero-order valence-corrected chi connectivity index (χ0v) is 13.3. The van der Waals surface area contributed by atoms with Crippen LogP contribution in [0, 0.1) is 0 Å². The summed E-state index contributed by atoms with van der Waals surface area (Å²) >= 11 is 5.62. The molecule has 128 valence electrons. The van der Waals surface area contributed by atoms with E-state index in [4.69, 9.17) is 11.6 Å². The molecule has 3 aromatic rings. The molecule has 0 spiro atoms. The van der Waals surface area contributed by atoms with Crippen LogP contribution in [-0.2, 0) is 6.18 Å². The number of hydrogen-bond acceptors (Lipinski definition) is 2. The van der Waals surface area contributed by atoms with Gasteiger partial charge in [0.25, 0.3) is 0 Å². The van der Waals surface area contributed by atoms with E-state index in [1.807, 2.05) is 6.07 Å². The Labute approximate surface area is 145 Å². The van der Waals surface area contributed by atoms with E-state index in [1.165, 1.54) is 0 Å². The molecule has 1 heterocycles. The molecule has 0 aliphatic rings. The number of nitrogens with one attached hydrogen (secondary N) is 2. The normalized spacial score (nSPS) is 11.4. The molecule has 0 bridgehead atoms. The number of nitrogens with zero attached hydrogens (tertiary/aromatic N) is 1. The van der Waals surface area contributed by atoms with Crippen LogP contribution in [0.25, 0.3) is 10.9 Å². The highest BCUT2D eigenvalue weighted by Crippen LogP contribution is 2.35. The summed E-state index contributed by atoms with van der Waals surface area (Å²) in [4.78, 5) is 16.2. The number of amides is 2. The van der Waals surface area contributed by atoms with Gasteiger partial charge in [0.15, 0.2) is 0 Å². The van der Waals surface area contributed by atoms with Gasteiger partial charge in [0.2, 0.25) is 0 Å². The Hall–Kier alpha value is -2.80. The number of urea groups is 1. The van der Waals surface area contributed by atoms with E-state index in [-0.39, 0.29) is 5.69 Å². The lowest BCUT2D eigenvalue weighted by Gasteiger charge is -2.12. The van der Waals surface area contributed by atoms with Gasteiger partial charge >= 0.3 is 12.2 Å². The molecule has 1 aromatic heterocycles. The topological polar surface area (TPSA) is 54.0 Å².